The van der Waals surface area contributed by atoms with E-state index in [-0.39, 0.29) is 12.0 Å². The highest BCUT2D eigenvalue weighted by atomic mass is 79.9. The Morgan fingerprint density at radius 1 is 1.40 bits per heavy atom. The molecule has 0 radical (unpaired) electrons. The van der Waals surface area contributed by atoms with Crippen LogP contribution in [0.4, 0.5) is 4.39 Å². The van der Waals surface area contributed by atoms with Crippen LogP contribution in [0.3, 0.4) is 0 Å². The van der Waals surface area contributed by atoms with E-state index in [2.05, 4.69) is 36.8 Å². The van der Waals surface area contributed by atoms with Gasteiger partial charge in [-0.15, -0.1) is 10.2 Å². The Morgan fingerprint density at radius 3 is 3.00 bits per heavy atom. The molecule has 0 amide bonds. The maximum atomic E-state index is 14.4. The van der Waals surface area contributed by atoms with Crippen LogP contribution in [0.1, 0.15) is 11.7 Å². The van der Waals surface area contributed by atoms with Crippen molar-refractivity contribution in [1.29, 1.82) is 0 Å². The molecule has 0 bridgehead atoms. The molecule has 2 aromatic rings. The van der Waals surface area contributed by atoms with E-state index in [9.17, 15) is 4.39 Å². The largest absolute Gasteiger partial charge is 0.312 e. The third-order valence-electron chi connectivity index (χ3n) is 3.49. The molecule has 20 heavy (non-hydrogen) atoms. The molecule has 2 heterocycles. The first kappa shape index (κ1) is 13.7. The molecule has 1 unspecified atom stereocenters. The Bertz CT molecular complexity index is 621. The SMILES string of the molecule is Cc1c(Br)ccc(-c2nncn2C2CNCCN2)c1F. The van der Waals surface area contributed by atoms with Crippen molar-refractivity contribution in [3.8, 4) is 11.4 Å². The Balaban J connectivity index is 2.03. The number of hydrogen-bond acceptors (Lipinski definition) is 4. The zero-order chi connectivity index (χ0) is 14.1. The molecule has 2 N–H and O–H groups in total. The van der Waals surface area contributed by atoms with E-state index in [1.165, 1.54) is 0 Å². The highest BCUT2D eigenvalue weighted by molar-refractivity contribution is 9.10. The van der Waals surface area contributed by atoms with Crippen molar-refractivity contribution >= 4 is 15.9 Å². The number of piperazine rings is 1. The molecule has 1 aliphatic heterocycles. The number of halogens is 2. The van der Waals surface area contributed by atoms with Gasteiger partial charge in [0.2, 0.25) is 0 Å². The summed E-state index contributed by atoms with van der Waals surface area (Å²) in [7, 11) is 0. The fraction of sp³-hybridized carbons (Fsp3) is 0.385. The van der Waals surface area contributed by atoms with Crippen LogP contribution in [0.15, 0.2) is 22.9 Å². The fourth-order valence-electron chi connectivity index (χ4n) is 2.33. The van der Waals surface area contributed by atoms with Crippen LogP contribution in [0, 0.1) is 12.7 Å². The first-order chi connectivity index (χ1) is 9.68. The molecule has 106 valence electrons. The second kappa shape index (κ2) is 5.59. The van der Waals surface area contributed by atoms with Gasteiger partial charge in [-0.2, -0.15) is 0 Å². The summed E-state index contributed by atoms with van der Waals surface area (Å²) in [5.74, 6) is 0.275. The highest BCUT2D eigenvalue weighted by Crippen LogP contribution is 2.29. The molecule has 0 aliphatic carbocycles. The van der Waals surface area contributed by atoms with E-state index in [1.807, 2.05) is 10.6 Å². The van der Waals surface area contributed by atoms with Gasteiger partial charge in [0.05, 0.1) is 11.7 Å². The maximum Gasteiger partial charge on any atom is 0.168 e. The van der Waals surface area contributed by atoms with Crippen LogP contribution < -0.4 is 10.6 Å². The first-order valence-electron chi connectivity index (χ1n) is 6.47. The van der Waals surface area contributed by atoms with Crippen LogP contribution >= 0.6 is 15.9 Å². The lowest BCUT2D eigenvalue weighted by Crippen LogP contribution is -2.45. The molecular formula is C13H15BrFN5. The van der Waals surface area contributed by atoms with Gasteiger partial charge in [0.1, 0.15) is 12.1 Å². The number of benzene rings is 1. The first-order valence-corrected chi connectivity index (χ1v) is 7.26. The molecule has 0 saturated carbocycles. The molecule has 1 saturated heterocycles. The summed E-state index contributed by atoms with van der Waals surface area (Å²) in [6.07, 6.45) is 1.67. The standard InChI is InChI=1S/C13H15BrFN5/c1-8-10(14)3-2-9(12(8)15)13-19-18-7-20(13)11-6-16-4-5-17-11/h2-3,7,11,16-17H,4-6H2,1H3. The number of hydrogen-bond donors (Lipinski definition) is 2. The number of rotatable bonds is 2. The van der Waals surface area contributed by atoms with Gasteiger partial charge in [-0.25, -0.2) is 4.39 Å². The predicted molar refractivity (Wildman–Crippen MR) is 77.8 cm³/mol. The van der Waals surface area contributed by atoms with E-state index >= 15 is 0 Å². The van der Waals surface area contributed by atoms with Crippen molar-refractivity contribution in [3.63, 3.8) is 0 Å². The Labute approximate surface area is 124 Å². The second-order valence-corrected chi connectivity index (χ2v) is 5.62. The minimum absolute atomic E-state index is 0.0390. The lowest BCUT2D eigenvalue weighted by Gasteiger charge is -2.26. The Morgan fingerprint density at radius 2 is 2.25 bits per heavy atom. The van der Waals surface area contributed by atoms with E-state index < -0.39 is 0 Å². The summed E-state index contributed by atoms with van der Waals surface area (Å²) in [6, 6.07) is 3.56. The minimum atomic E-state index is -0.266. The lowest BCUT2D eigenvalue weighted by atomic mass is 10.1. The topological polar surface area (TPSA) is 54.8 Å². The normalized spacial score (nSPS) is 19.2. The van der Waals surface area contributed by atoms with Crippen molar-refractivity contribution in [1.82, 2.24) is 25.4 Å². The quantitative estimate of drug-likeness (QED) is 0.876. The third-order valence-corrected chi connectivity index (χ3v) is 4.35. The zero-order valence-electron chi connectivity index (χ0n) is 11.0. The fourth-order valence-corrected chi connectivity index (χ4v) is 2.64. The van der Waals surface area contributed by atoms with Crippen molar-refractivity contribution in [2.75, 3.05) is 19.6 Å². The van der Waals surface area contributed by atoms with Crippen molar-refractivity contribution in [2.24, 2.45) is 0 Å². The number of aromatic nitrogens is 3. The zero-order valence-corrected chi connectivity index (χ0v) is 12.6. The van der Waals surface area contributed by atoms with E-state index in [0.29, 0.717) is 17.0 Å². The summed E-state index contributed by atoms with van der Waals surface area (Å²) in [6.45, 7) is 4.30. The van der Waals surface area contributed by atoms with Gasteiger partial charge in [0.25, 0.3) is 0 Å². The van der Waals surface area contributed by atoms with Crippen LogP contribution in [-0.2, 0) is 0 Å². The van der Waals surface area contributed by atoms with Gasteiger partial charge in [-0.05, 0) is 24.6 Å². The molecule has 1 fully saturated rings. The molecular weight excluding hydrogens is 325 g/mol. The number of nitrogens with one attached hydrogen (secondary N) is 2. The van der Waals surface area contributed by atoms with Gasteiger partial charge in [-0.3, -0.25) is 9.88 Å². The average Bonchev–Trinajstić information content (AvgIpc) is 2.95. The van der Waals surface area contributed by atoms with Crippen molar-refractivity contribution in [2.45, 2.75) is 13.1 Å². The maximum absolute atomic E-state index is 14.4. The minimum Gasteiger partial charge on any atom is -0.312 e. The molecule has 1 atom stereocenters. The van der Waals surface area contributed by atoms with Crippen molar-refractivity contribution < 1.29 is 4.39 Å². The molecule has 7 heteroatoms. The molecule has 3 rings (SSSR count). The lowest BCUT2D eigenvalue weighted by molar-refractivity contribution is 0.340. The van der Waals surface area contributed by atoms with Gasteiger partial charge in [0, 0.05) is 24.1 Å². The van der Waals surface area contributed by atoms with Crippen molar-refractivity contribution in [3.05, 3.63) is 34.3 Å². The summed E-state index contributed by atoms with van der Waals surface area (Å²) in [4.78, 5) is 0. The van der Waals surface area contributed by atoms with Gasteiger partial charge >= 0.3 is 0 Å². The summed E-state index contributed by atoms with van der Waals surface area (Å²) < 4.78 is 17.1. The summed E-state index contributed by atoms with van der Waals surface area (Å²) >= 11 is 3.33. The molecule has 5 nitrogen and oxygen atoms in total. The van der Waals surface area contributed by atoms with Crippen LogP contribution in [0.25, 0.3) is 11.4 Å². The van der Waals surface area contributed by atoms with E-state index in [0.717, 1.165) is 24.1 Å². The van der Waals surface area contributed by atoms with Crippen LogP contribution in [0.2, 0.25) is 0 Å². The Kier molecular flexibility index (Phi) is 3.82. The third kappa shape index (κ3) is 2.36. The van der Waals surface area contributed by atoms with E-state index in [4.69, 9.17) is 0 Å². The van der Waals surface area contributed by atoms with E-state index in [1.54, 1.807) is 19.3 Å². The summed E-state index contributed by atoms with van der Waals surface area (Å²) in [5, 5.41) is 14.7. The van der Waals surface area contributed by atoms with Gasteiger partial charge < -0.3 is 5.32 Å². The van der Waals surface area contributed by atoms with Crippen LogP contribution in [0.5, 0.6) is 0 Å². The Hall–Kier alpha value is -1.31. The monoisotopic (exact) mass is 339 g/mol. The average molecular weight is 340 g/mol. The highest BCUT2D eigenvalue weighted by Gasteiger charge is 2.21. The van der Waals surface area contributed by atoms with Gasteiger partial charge in [0.15, 0.2) is 5.82 Å². The van der Waals surface area contributed by atoms with Gasteiger partial charge in [-0.1, -0.05) is 15.9 Å². The number of nitrogens with zero attached hydrogens (tertiary/aromatic N) is 3. The summed E-state index contributed by atoms with van der Waals surface area (Å²) in [5.41, 5.74) is 1.04. The predicted octanol–water partition coefficient (Wildman–Crippen LogP) is 1.85. The smallest absolute Gasteiger partial charge is 0.168 e. The van der Waals surface area contributed by atoms with Crippen LogP contribution in [-0.4, -0.2) is 34.4 Å². The molecule has 0 spiro atoms. The second-order valence-electron chi connectivity index (χ2n) is 4.77. The molecule has 1 aromatic carbocycles. The molecule has 1 aliphatic rings. The molecule has 1 aromatic heterocycles.